The van der Waals surface area contributed by atoms with Gasteiger partial charge in [-0.2, -0.15) is 4.31 Å². The maximum absolute atomic E-state index is 13.2. The van der Waals surface area contributed by atoms with E-state index in [-0.39, 0.29) is 22.7 Å². The van der Waals surface area contributed by atoms with Crippen LogP contribution in [-0.4, -0.2) is 42.8 Å². The van der Waals surface area contributed by atoms with Crippen LogP contribution in [-0.2, 0) is 10.0 Å². The monoisotopic (exact) mass is 339 g/mol. The molecule has 7 nitrogen and oxygen atoms in total. The lowest BCUT2D eigenvalue weighted by Gasteiger charge is -2.42. The van der Waals surface area contributed by atoms with Gasteiger partial charge in [0, 0.05) is 24.7 Å². The van der Waals surface area contributed by atoms with E-state index in [0.29, 0.717) is 6.54 Å². The zero-order valence-corrected chi connectivity index (χ0v) is 13.7. The molecule has 1 saturated heterocycles. The fourth-order valence-corrected chi connectivity index (χ4v) is 5.38. The Kier molecular flexibility index (Phi) is 4.65. The molecule has 1 aromatic carbocycles. The van der Waals surface area contributed by atoms with E-state index in [0.717, 1.165) is 38.6 Å². The first-order chi connectivity index (χ1) is 11.0. The molecule has 8 heteroatoms. The second-order valence-electron chi connectivity index (χ2n) is 6.14. The normalized spacial score (nSPS) is 22.7. The van der Waals surface area contributed by atoms with Gasteiger partial charge < -0.3 is 5.32 Å². The Hall–Kier alpha value is -1.51. The van der Waals surface area contributed by atoms with E-state index in [1.165, 1.54) is 24.3 Å². The summed E-state index contributed by atoms with van der Waals surface area (Å²) in [5.74, 6) is 0. The number of rotatable bonds is 5. The first kappa shape index (κ1) is 16.4. The number of nitrogens with one attached hydrogen (secondary N) is 1. The van der Waals surface area contributed by atoms with Gasteiger partial charge in [0.25, 0.3) is 5.69 Å². The summed E-state index contributed by atoms with van der Waals surface area (Å²) in [7, 11) is -3.88. The van der Waals surface area contributed by atoms with Crippen LogP contribution in [0.2, 0.25) is 0 Å². The van der Waals surface area contributed by atoms with Gasteiger partial charge in [0.1, 0.15) is 0 Å². The van der Waals surface area contributed by atoms with Gasteiger partial charge in [0.2, 0.25) is 10.0 Å². The average Bonchev–Trinajstić information content (AvgIpc) is 2.51. The quantitative estimate of drug-likeness (QED) is 0.653. The standard InChI is InChI=1S/C15H21N3O4S/c19-18(20)14-8-1-2-9-15(14)23(21,22)17(12-5-3-6-12)13-7-4-10-16-11-13/h1-2,8-9,12-13,16H,3-7,10-11H2. The maximum atomic E-state index is 13.2. The summed E-state index contributed by atoms with van der Waals surface area (Å²) in [6.45, 7) is 1.50. The van der Waals surface area contributed by atoms with Crippen LogP contribution >= 0.6 is 0 Å². The Morgan fingerprint density at radius 2 is 1.83 bits per heavy atom. The van der Waals surface area contributed by atoms with Gasteiger partial charge in [-0.15, -0.1) is 0 Å². The van der Waals surface area contributed by atoms with Crippen LogP contribution < -0.4 is 5.32 Å². The summed E-state index contributed by atoms with van der Waals surface area (Å²) >= 11 is 0. The number of hydrogen-bond donors (Lipinski definition) is 1. The minimum Gasteiger partial charge on any atom is -0.315 e. The number of benzene rings is 1. The van der Waals surface area contributed by atoms with E-state index in [9.17, 15) is 18.5 Å². The van der Waals surface area contributed by atoms with Crippen LogP contribution in [0.4, 0.5) is 5.69 Å². The second-order valence-corrected chi connectivity index (χ2v) is 7.96. The molecule has 1 N–H and O–H groups in total. The SMILES string of the molecule is O=[N+]([O-])c1ccccc1S(=O)(=O)N(C1CCC1)C1CCCNC1. The third-order valence-corrected chi connectivity index (χ3v) is 6.74. The first-order valence-electron chi connectivity index (χ1n) is 7.99. The van der Waals surface area contributed by atoms with Crippen molar-refractivity contribution in [2.24, 2.45) is 0 Å². The van der Waals surface area contributed by atoms with Crippen LogP contribution in [0.15, 0.2) is 29.2 Å². The molecular formula is C15H21N3O4S. The molecule has 126 valence electrons. The summed E-state index contributed by atoms with van der Waals surface area (Å²) in [5, 5.41) is 14.5. The van der Waals surface area contributed by atoms with Crippen molar-refractivity contribution in [1.82, 2.24) is 9.62 Å². The Morgan fingerprint density at radius 3 is 2.39 bits per heavy atom. The molecule has 0 aromatic heterocycles. The van der Waals surface area contributed by atoms with Gasteiger partial charge in [-0.25, -0.2) is 8.42 Å². The number of piperidine rings is 1. The minimum atomic E-state index is -3.88. The van der Waals surface area contributed by atoms with Crippen LogP contribution in [0.3, 0.4) is 0 Å². The summed E-state index contributed by atoms with van der Waals surface area (Å²) in [6, 6.07) is 5.47. The van der Waals surface area contributed by atoms with E-state index in [1.54, 1.807) is 4.31 Å². The van der Waals surface area contributed by atoms with E-state index >= 15 is 0 Å². The lowest BCUT2D eigenvalue weighted by Crippen LogP contribution is -2.54. The highest BCUT2D eigenvalue weighted by Gasteiger charge is 2.42. The van der Waals surface area contributed by atoms with Crippen molar-refractivity contribution < 1.29 is 13.3 Å². The van der Waals surface area contributed by atoms with Crippen LogP contribution in [0.25, 0.3) is 0 Å². The molecule has 1 aromatic rings. The highest BCUT2D eigenvalue weighted by atomic mass is 32.2. The smallest absolute Gasteiger partial charge is 0.289 e. The average molecular weight is 339 g/mol. The van der Waals surface area contributed by atoms with Crippen molar-refractivity contribution in [2.75, 3.05) is 13.1 Å². The summed E-state index contributed by atoms with van der Waals surface area (Å²) in [6.07, 6.45) is 4.38. The van der Waals surface area contributed by atoms with E-state index in [1.807, 2.05) is 0 Å². The number of sulfonamides is 1. The van der Waals surface area contributed by atoms with Crippen molar-refractivity contribution in [3.8, 4) is 0 Å². The molecule has 0 radical (unpaired) electrons. The fraction of sp³-hybridized carbons (Fsp3) is 0.600. The van der Waals surface area contributed by atoms with Crippen molar-refractivity contribution in [3.05, 3.63) is 34.4 Å². The van der Waals surface area contributed by atoms with Gasteiger partial charge in [-0.05, 0) is 38.3 Å². The van der Waals surface area contributed by atoms with E-state index in [4.69, 9.17) is 0 Å². The molecule has 1 heterocycles. The molecule has 3 rings (SSSR count). The zero-order chi connectivity index (χ0) is 16.4. The predicted molar refractivity (Wildman–Crippen MR) is 85.7 cm³/mol. The van der Waals surface area contributed by atoms with E-state index < -0.39 is 14.9 Å². The largest absolute Gasteiger partial charge is 0.315 e. The van der Waals surface area contributed by atoms with Crippen molar-refractivity contribution >= 4 is 15.7 Å². The van der Waals surface area contributed by atoms with Gasteiger partial charge in [-0.3, -0.25) is 10.1 Å². The number of hydrogen-bond acceptors (Lipinski definition) is 5. The molecule has 1 aliphatic heterocycles. The lowest BCUT2D eigenvalue weighted by molar-refractivity contribution is -0.387. The Bertz CT molecular complexity index is 682. The van der Waals surface area contributed by atoms with Crippen molar-refractivity contribution in [2.45, 2.75) is 49.1 Å². The molecule has 1 atom stereocenters. The summed E-state index contributed by atoms with van der Waals surface area (Å²) < 4.78 is 27.9. The third kappa shape index (κ3) is 3.11. The number of para-hydroxylation sites is 1. The second kappa shape index (κ2) is 6.54. The van der Waals surface area contributed by atoms with Crippen LogP contribution in [0, 0.1) is 10.1 Å². The minimum absolute atomic E-state index is 0.0373. The van der Waals surface area contributed by atoms with Gasteiger partial charge in [-0.1, -0.05) is 18.6 Å². The first-order valence-corrected chi connectivity index (χ1v) is 9.43. The van der Waals surface area contributed by atoms with E-state index in [2.05, 4.69) is 5.32 Å². The predicted octanol–water partition coefficient (Wildman–Crippen LogP) is 1.89. The van der Waals surface area contributed by atoms with Gasteiger partial charge >= 0.3 is 0 Å². The van der Waals surface area contributed by atoms with Crippen molar-refractivity contribution in [3.63, 3.8) is 0 Å². The molecule has 0 bridgehead atoms. The molecule has 0 spiro atoms. The number of nitro groups is 1. The molecule has 23 heavy (non-hydrogen) atoms. The Balaban J connectivity index is 2.02. The highest BCUT2D eigenvalue weighted by molar-refractivity contribution is 7.89. The molecule has 1 unspecified atom stereocenters. The highest BCUT2D eigenvalue weighted by Crippen LogP contribution is 2.36. The molecule has 2 fully saturated rings. The molecule has 1 aliphatic carbocycles. The molecule has 1 saturated carbocycles. The topological polar surface area (TPSA) is 92.5 Å². The fourth-order valence-electron chi connectivity index (χ4n) is 3.32. The Morgan fingerprint density at radius 1 is 1.13 bits per heavy atom. The summed E-state index contributed by atoms with van der Waals surface area (Å²) in [5.41, 5.74) is -0.347. The van der Waals surface area contributed by atoms with Crippen LogP contribution in [0.5, 0.6) is 0 Å². The maximum Gasteiger partial charge on any atom is 0.289 e. The lowest BCUT2D eigenvalue weighted by atomic mass is 9.91. The van der Waals surface area contributed by atoms with Crippen LogP contribution in [0.1, 0.15) is 32.1 Å². The molecule has 2 aliphatic rings. The summed E-state index contributed by atoms with van der Waals surface area (Å²) in [4.78, 5) is 10.4. The van der Waals surface area contributed by atoms with Gasteiger partial charge in [0.15, 0.2) is 4.90 Å². The number of nitro benzene ring substituents is 1. The molecule has 0 amide bonds. The van der Waals surface area contributed by atoms with Gasteiger partial charge in [0.05, 0.1) is 4.92 Å². The number of nitrogens with zero attached hydrogens (tertiary/aromatic N) is 2. The van der Waals surface area contributed by atoms with Crippen molar-refractivity contribution in [1.29, 1.82) is 0 Å². The third-order valence-electron chi connectivity index (χ3n) is 4.68. The Labute approximate surface area is 135 Å². The zero-order valence-electron chi connectivity index (χ0n) is 12.8. The molecular weight excluding hydrogens is 318 g/mol.